The normalized spacial score (nSPS) is 11.4. The molecule has 20 heavy (non-hydrogen) atoms. The maximum absolute atomic E-state index is 12.3. The van der Waals surface area contributed by atoms with E-state index >= 15 is 0 Å². The van der Waals surface area contributed by atoms with Gasteiger partial charge in [0.25, 0.3) is 5.91 Å². The molecule has 1 rings (SSSR count). The second-order valence-electron chi connectivity index (χ2n) is 4.54. The van der Waals surface area contributed by atoms with Crippen LogP contribution >= 0.6 is 0 Å². The number of carbonyl (C=O) groups excluding carboxylic acids is 1. The molecule has 0 saturated heterocycles. The van der Waals surface area contributed by atoms with Gasteiger partial charge in [0.1, 0.15) is 6.61 Å². The minimum absolute atomic E-state index is 0.0209. The molecule has 0 fully saturated rings. The van der Waals surface area contributed by atoms with Crippen LogP contribution in [-0.2, 0) is 4.74 Å². The maximum atomic E-state index is 12.3. The predicted octanol–water partition coefficient (Wildman–Crippen LogP) is 1.49. The van der Waals surface area contributed by atoms with Crippen LogP contribution in [0.25, 0.3) is 0 Å². The average Bonchev–Trinajstić information content (AvgIpc) is 2.44. The fourth-order valence-electron chi connectivity index (χ4n) is 1.82. The van der Waals surface area contributed by atoms with Crippen molar-refractivity contribution >= 4 is 5.91 Å². The van der Waals surface area contributed by atoms with E-state index in [4.69, 9.17) is 9.84 Å². The molecular weight excluding hydrogens is 254 g/mol. The van der Waals surface area contributed by atoms with Gasteiger partial charge in [-0.2, -0.15) is 0 Å². The van der Waals surface area contributed by atoms with Crippen LogP contribution < -0.4 is 5.32 Å². The lowest BCUT2D eigenvalue weighted by molar-refractivity contribution is 0.0894. The summed E-state index contributed by atoms with van der Waals surface area (Å²) >= 11 is 0. The lowest BCUT2D eigenvalue weighted by Crippen LogP contribution is -2.37. The molecule has 0 heterocycles. The van der Waals surface area contributed by atoms with E-state index in [0.717, 1.165) is 12.0 Å². The number of aliphatic hydroxyl groups excluding tert-OH is 1. The van der Waals surface area contributed by atoms with Crippen LogP contribution in [-0.4, -0.2) is 37.4 Å². The molecule has 0 aromatic heterocycles. The highest BCUT2D eigenvalue weighted by Gasteiger charge is 2.14. The van der Waals surface area contributed by atoms with E-state index in [9.17, 15) is 4.79 Å². The Morgan fingerprint density at radius 3 is 2.85 bits per heavy atom. The van der Waals surface area contributed by atoms with Crippen molar-refractivity contribution in [2.75, 3.05) is 20.3 Å². The van der Waals surface area contributed by atoms with E-state index in [2.05, 4.69) is 17.2 Å². The van der Waals surface area contributed by atoms with Gasteiger partial charge in [-0.05, 0) is 31.0 Å². The van der Waals surface area contributed by atoms with E-state index in [-0.39, 0.29) is 18.6 Å². The molecule has 2 N–H and O–H groups in total. The first-order valence-corrected chi connectivity index (χ1v) is 6.62. The number of nitrogens with one attached hydrogen (secondary N) is 1. The van der Waals surface area contributed by atoms with E-state index in [0.29, 0.717) is 17.7 Å². The van der Waals surface area contributed by atoms with Crippen LogP contribution in [0.1, 0.15) is 34.8 Å². The Labute approximate surface area is 120 Å². The molecule has 0 saturated carbocycles. The molecule has 1 aromatic carbocycles. The molecule has 0 radical (unpaired) electrons. The molecule has 0 spiro atoms. The molecule has 0 aliphatic heterocycles. The van der Waals surface area contributed by atoms with Crippen molar-refractivity contribution in [3.63, 3.8) is 0 Å². The summed E-state index contributed by atoms with van der Waals surface area (Å²) in [5.41, 5.74) is 2.17. The zero-order valence-electron chi connectivity index (χ0n) is 12.2. The second kappa shape index (κ2) is 8.36. The highest BCUT2D eigenvalue weighted by Crippen LogP contribution is 2.11. The van der Waals surface area contributed by atoms with Crippen molar-refractivity contribution < 1.29 is 14.6 Å². The number of carbonyl (C=O) groups is 1. The Morgan fingerprint density at radius 2 is 2.25 bits per heavy atom. The Morgan fingerprint density at radius 1 is 1.50 bits per heavy atom. The highest BCUT2D eigenvalue weighted by molar-refractivity contribution is 5.97. The molecule has 0 aliphatic carbocycles. The fraction of sp³-hybridized carbons (Fsp3) is 0.438. The Balaban J connectivity index is 2.97. The van der Waals surface area contributed by atoms with Crippen LogP contribution in [0.2, 0.25) is 0 Å². The van der Waals surface area contributed by atoms with Gasteiger partial charge >= 0.3 is 0 Å². The number of ether oxygens (including phenoxy) is 1. The summed E-state index contributed by atoms with van der Waals surface area (Å²) in [7, 11) is 1.61. The first-order chi connectivity index (χ1) is 9.62. The van der Waals surface area contributed by atoms with Gasteiger partial charge in [0.05, 0.1) is 18.2 Å². The molecule has 0 bridgehead atoms. The largest absolute Gasteiger partial charge is 0.384 e. The van der Waals surface area contributed by atoms with Gasteiger partial charge in [-0.3, -0.25) is 4.79 Å². The Hall–Kier alpha value is -1.83. The predicted molar refractivity (Wildman–Crippen MR) is 78.6 cm³/mol. The van der Waals surface area contributed by atoms with Crippen molar-refractivity contribution in [2.45, 2.75) is 26.3 Å². The number of aryl methyl sites for hydroxylation is 1. The van der Waals surface area contributed by atoms with E-state index in [1.807, 2.05) is 26.0 Å². The van der Waals surface area contributed by atoms with Gasteiger partial charge in [-0.25, -0.2) is 0 Å². The minimum Gasteiger partial charge on any atom is -0.384 e. The lowest BCUT2D eigenvalue weighted by Gasteiger charge is -2.16. The van der Waals surface area contributed by atoms with E-state index in [1.54, 1.807) is 13.2 Å². The van der Waals surface area contributed by atoms with Crippen LogP contribution in [0.4, 0.5) is 0 Å². The van der Waals surface area contributed by atoms with Gasteiger partial charge in [0, 0.05) is 12.7 Å². The van der Waals surface area contributed by atoms with Crippen molar-refractivity contribution in [3.8, 4) is 11.8 Å². The average molecular weight is 275 g/mol. The van der Waals surface area contributed by atoms with Crippen molar-refractivity contribution in [1.29, 1.82) is 0 Å². The Bertz CT molecular complexity index is 514. The monoisotopic (exact) mass is 275 g/mol. The summed E-state index contributed by atoms with van der Waals surface area (Å²) in [6.07, 6.45) is 0.795. The third kappa shape index (κ3) is 4.69. The number of benzene rings is 1. The SMILES string of the molecule is CCC(COC)NC(=O)c1ccc(C)cc1C#CCO. The molecule has 1 aromatic rings. The summed E-state index contributed by atoms with van der Waals surface area (Å²) in [4.78, 5) is 12.3. The zero-order chi connectivity index (χ0) is 15.0. The van der Waals surface area contributed by atoms with Crippen molar-refractivity contribution in [2.24, 2.45) is 0 Å². The van der Waals surface area contributed by atoms with Gasteiger partial charge in [-0.1, -0.05) is 24.8 Å². The summed E-state index contributed by atoms with van der Waals surface area (Å²) in [6.45, 7) is 4.18. The summed E-state index contributed by atoms with van der Waals surface area (Å²) in [5, 5.41) is 11.7. The quantitative estimate of drug-likeness (QED) is 0.801. The van der Waals surface area contributed by atoms with Crippen LogP contribution in [0.3, 0.4) is 0 Å². The minimum atomic E-state index is -0.226. The molecule has 4 nitrogen and oxygen atoms in total. The second-order valence-corrected chi connectivity index (χ2v) is 4.54. The Kier molecular flexibility index (Phi) is 6.78. The first-order valence-electron chi connectivity index (χ1n) is 6.62. The van der Waals surface area contributed by atoms with Gasteiger partial charge in [0.15, 0.2) is 0 Å². The van der Waals surface area contributed by atoms with Crippen LogP contribution in [0, 0.1) is 18.8 Å². The van der Waals surface area contributed by atoms with Crippen molar-refractivity contribution in [1.82, 2.24) is 5.32 Å². The summed E-state index contributed by atoms with van der Waals surface area (Å²) < 4.78 is 5.07. The molecule has 0 aliphatic rings. The molecule has 4 heteroatoms. The number of methoxy groups -OCH3 is 1. The van der Waals surface area contributed by atoms with Gasteiger partial charge < -0.3 is 15.2 Å². The fourth-order valence-corrected chi connectivity index (χ4v) is 1.82. The van der Waals surface area contributed by atoms with E-state index in [1.165, 1.54) is 0 Å². The van der Waals surface area contributed by atoms with Gasteiger partial charge in [0.2, 0.25) is 0 Å². The zero-order valence-corrected chi connectivity index (χ0v) is 12.2. The van der Waals surface area contributed by atoms with Crippen LogP contribution in [0.5, 0.6) is 0 Å². The number of aliphatic hydroxyl groups is 1. The topological polar surface area (TPSA) is 58.6 Å². The maximum Gasteiger partial charge on any atom is 0.252 e. The van der Waals surface area contributed by atoms with Gasteiger partial charge in [-0.15, -0.1) is 0 Å². The third-order valence-corrected chi connectivity index (χ3v) is 2.92. The number of rotatable bonds is 5. The van der Waals surface area contributed by atoms with Crippen LogP contribution in [0.15, 0.2) is 18.2 Å². The van der Waals surface area contributed by atoms with Crippen molar-refractivity contribution in [3.05, 3.63) is 34.9 Å². The first kappa shape index (κ1) is 16.2. The number of hydrogen-bond acceptors (Lipinski definition) is 3. The molecule has 108 valence electrons. The third-order valence-electron chi connectivity index (χ3n) is 2.92. The number of amides is 1. The summed E-state index contributed by atoms with van der Waals surface area (Å²) in [5.74, 6) is 5.23. The molecule has 1 amide bonds. The molecular formula is C16H21NO3. The lowest BCUT2D eigenvalue weighted by atomic mass is 10.0. The standard InChI is InChI=1S/C16H21NO3/c1-4-14(11-20-3)17-16(19)15-8-7-12(2)10-13(15)6-5-9-18/h7-8,10,14,18H,4,9,11H2,1-3H3,(H,17,19). The molecule has 1 atom stereocenters. The molecule has 1 unspecified atom stereocenters. The smallest absolute Gasteiger partial charge is 0.252 e. The summed E-state index contributed by atoms with van der Waals surface area (Å²) in [6, 6.07) is 5.45. The number of hydrogen-bond donors (Lipinski definition) is 2. The van der Waals surface area contributed by atoms with E-state index < -0.39 is 0 Å². The highest BCUT2D eigenvalue weighted by atomic mass is 16.5.